The summed E-state index contributed by atoms with van der Waals surface area (Å²) < 4.78 is 5.31. The number of piperazine rings is 1. The summed E-state index contributed by atoms with van der Waals surface area (Å²) in [7, 11) is 0. The van der Waals surface area contributed by atoms with E-state index in [-0.39, 0.29) is 17.7 Å². The molecule has 2 aliphatic rings. The molecule has 0 spiro atoms. The lowest BCUT2D eigenvalue weighted by Crippen LogP contribution is -2.52. The van der Waals surface area contributed by atoms with Gasteiger partial charge < -0.3 is 14.3 Å². The Hall–Kier alpha value is -2.15. The van der Waals surface area contributed by atoms with Crippen LogP contribution in [0, 0.1) is 5.92 Å². The van der Waals surface area contributed by atoms with Crippen LogP contribution in [-0.2, 0) is 4.79 Å². The van der Waals surface area contributed by atoms with Crippen molar-refractivity contribution in [2.75, 3.05) is 26.2 Å². The Labute approximate surface area is 156 Å². The number of hydrogen-bond acceptors (Lipinski definition) is 5. The average molecular weight is 373 g/mol. The van der Waals surface area contributed by atoms with Crippen molar-refractivity contribution in [1.82, 2.24) is 15.0 Å². The van der Waals surface area contributed by atoms with Crippen molar-refractivity contribution >= 4 is 23.2 Å². The van der Waals surface area contributed by atoms with Gasteiger partial charge in [-0.15, -0.1) is 11.3 Å². The third-order valence-electron chi connectivity index (χ3n) is 5.33. The van der Waals surface area contributed by atoms with Crippen LogP contribution in [0.25, 0.3) is 10.6 Å². The maximum absolute atomic E-state index is 12.7. The molecule has 2 aromatic rings. The fraction of sp³-hybridized carbons (Fsp3) is 0.526. The van der Waals surface area contributed by atoms with Crippen LogP contribution in [-0.4, -0.2) is 52.9 Å². The van der Waals surface area contributed by atoms with E-state index in [1.165, 1.54) is 6.42 Å². The van der Waals surface area contributed by atoms with Crippen LogP contribution in [0.1, 0.15) is 42.6 Å². The molecule has 3 heterocycles. The summed E-state index contributed by atoms with van der Waals surface area (Å²) in [5, 5.41) is 5.89. The molecule has 1 aliphatic heterocycles. The van der Waals surface area contributed by atoms with E-state index in [9.17, 15) is 9.59 Å². The predicted octanol–water partition coefficient (Wildman–Crippen LogP) is 3.27. The summed E-state index contributed by atoms with van der Waals surface area (Å²) in [5.41, 5.74) is 0.334. The molecular weight excluding hydrogens is 350 g/mol. The van der Waals surface area contributed by atoms with Crippen molar-refractivity contribution in [2.24, 2.45) is 5.92 Å². The van der Waals surface area contributed by atoms with Crippen LogP contribution in [0.2, 0.25) is 0 Å². The molecule has 1 aliphatic carbocycles. The van der Waals surface area contributed by atoms with Gasteiger partial charge in [-0.1, -0.05) is 30.5 Å². The molecule has 0 radical (unpaired) electrons. The minimum atomic E-state index is -0.124. The third kappa shape index (κ3) is 3.53. The lowest BCUT2D eigenvalue weighted by Gasteiger charge is -2.36. The molecule has 0 bridgehead atoms. The van der Waals surface area contributed by atoms with Crippen molar-refractivity contribution in [3.63, 3.8) is 0 Å². The standard InChI is InChI=1S/C19H23N3O3S/c23-18(14-5-2-1-3-6-14)21-8-10-22(11-9-21)19(24)15-13-16(25-20-15)17-7-4-12-26-17/h4,7,12-14H,1-3,5-6,8-11H2. The van der Waals surface area contributed by atoms with Crippen molar-refractivity contribution in [1.29, 1.82) is 0 Å². The lowest BCUT2D eigenvalue weighted by molar-refractivity contribution is -0.138. The summed E-state index contributed by atoms with van der Waals surface area (Å²) >= 11 is 1.55. The van der Waals surface area contributed by atoms with Gasteiger partial charge in [-0.05, 0) is 24.3 Å². The second-order valence-electron chi connectivity index (χ2n) is 7.01. The van der Waals surface area contributed by atoms with E-state index in [1.54, 1.807) is 22.3 Å². The van der Waals surface area contributed by atoms with E-state index in [0.717, 1.165) is 30.6 Å². The van der Waals surface area contributed by atoms with Crippen molar-refractivity contribution < 1.29 is 14.1 Å². The lowest BCUT2D eigenvalue weighted by atomic mass is 9.88. The van der Waals surface area contributed by atoms with Gasteiger partial charge in [0.1, 0.15) is 0 Å². The molecule has 2 amide bonds. The molecule has 0 aromatic carbocycles. The first-order chi connectivity index (χ1) is 12.7. The van der Waals surface area contributed by atoms with Crippen LogP contribution in [0.4, 0.5) is 0 Å². The molecule has 0 atom stereocenters. The molecular formula is C19H23N3O3S. The number of amides is 2. The van der Waals surface area contributed by atoms with E-state index in [1.807, 2.05) is 22.4 Å². The Morgan fingerprint density at radius 1 is 1.08 bits per heavy atom. The number of carbonyl (C=O) groups is 2. The minimum Gasteiger partial charge on any atom is -0.355 e. The Morgan fingerprint density at radius 2 is 1.81 bits per heavy atom. The molecule has 1 saturated heterocycles. The average Bonchev–Trinajstić information content (AvgIpc) is 3.39. The van der Waals surface area contributed by atoms with Crippen molar-refractivity contribution in [3.05, 3.63) is 29.3 Å². The van der Waals surface area contributed by atoms with Gasteiger partial charge in [-0.25, -0.2) is 0 Å². The summed E-state index contributed by atoms with van der Waals surface area (Å²) in [4.78, 5) is 29.9. The normalized spacial score (nSPS) is 18.9. The summed E-state index contributed by atoms with van der Waals surface area (Å²) in [6.07, 6.45) is 5.60. The second kappa shape index (κ2) is 7.61. The number of nitrogens with zero attached hydrogens (tertiary/aromatic N) is 3. The molecule has 138 valence electrons. The highest BCUT2D eigenvalue weighted by atomic mass is 32.1. The smallest absolute Gasteiger partial charge is 0.276 e. The van der Waals surface area contributed by atoms with E-state index in [4.69, 9.17) is 4.52 Å². The zero-order valence-electron chi connectivity index (χ0n) is 14.7. The first-order valence-electron chi connectivity index (χ1n) is 9.31. The van der Waals surface area contributed by atoms with E-state index >= 15 is 0 Å². The van der Waals surface area contributed by atoms with Gasteiger partial charge in [0.2, 0.25) is 5.91 Å². The molecule has 26 heavy (non-hydrogen) atoms. The van der Waals surface area contributed by atoms with Crippen LogP contribution < -0.4 is 0 Å². The molecule has 7 heteroatoms. The van der Waals surface area contributed by atoms with Crippen LogP contribution in [0.3, 0.4) is 0 Å². The quantitative estimate of drug-likeness (QED) is 0.828. The molecule has 2 aromatic heterocycles. The zero-order valence-corrected chi connectivity index (χ0v) is 15.5. The van der Waals surface area contributed by atoms with Gasteiger partial charge >= 0.3 is 0 Å². The maximum atomic E-state index is 12.7. The van der Waals surface area contributed by atoms with Crippen molar-refractivity contribution in [2.45, 2.75) is 32.1 Å². The van der Waals surface area contributed by atoms with Gasteiger partial charge in [0, 0.05) is 38.2 Å². The number of aromatic nitrogens is 1. The second-order valence-corrected chi connectivity index (χ2v) is 7.95. The van der Waals surface area contributed by atoms with E-state index in [0.29, 0.717) is 37.6 Å². The van der Waals surface area contributed by atoms with Crippen molar-refractivity contribution in [3.8, 4) is 10.6 Å². The number of thiophene rings is 1. The van der Waals surface area contributed by atoms with Crippen LogP contribution >= 0.6 is 11.3 Å². The molecule has 0 N–H and O–H groups in total. The monoisotopic (exact) mass is 373 g/mol. The van der Waals surface area contributed by atoms with Gasteiger partial charge in [0.05, 0.1) is 4.88 Å². The predicted molar refractivity (Wildman–Crippen MR) is 98.9 cm³/mol. The minimum absolute atomic E-state index is 0.124. The molecule has 1 saturated carbocycles. The highest BCUT2D eigenvalue weighted by Crippen LogP contribution is 2.27. The summed E-state index contributed by atoms with van der Waals surface area (Å²) in [6, 6.07) is 5.58. The summed E-state index contributed by atoms with van der Waals surface area (Å²) in [5.74, 6) is 0.962. The SMILES string of the molecule is O=C(c1cc(-c2cccs2)on1)N1CCN(C(=O)C2CCCCC2)CC1. The zero-order chi connectivity index (χ0) is 17.9. The third-order valence-corrected chi connectivity index (χ3v) is 6.21. The van der Waals surface area contributed by atoms with E-state index in [2.05, 4.69) is 5.16 Å². The maximum Gasteiger partial charge on any atom is 0.276 e. The van der Waals surface area contributed by atoms with Gasteiger partial charge in [-0.2, -0.15) is 0 Å². The molecule has 0 unspecified atom stereocenters. The largest absolute Gasteiger partial charge is 0.355 e. The Kier molecular flexibility index (Phi) is 5.06. The number of carbonyl (C=O) groups excluding carboxylic acids is 2. The van der Waals surface area contributed by atoms with Gasteiger partial charge in [0.25, 0.3) is 5.91 Å². The summed E-state index contributed by atoms with van der Waals surface area (Å²) in [6.45, 7) is 2.32. The van der Waals surface area contributed by atoms with Crippen LogP contribution in [0.5, 0.6) is 0 Å². The fourth-order valence-corrected chi connectivity index (χ4v) is 4.48. The first-order valence-corrected chi connectivity index (χ1v) is 10.2. The van der Waals surface area contributed by atoms with Gasteiger partial charge in [-0.3, -0.25) is 9.59 Å². The molecule has 4 rings (SSSR count). The van der Waals surface area contributed by atoms with E-state index < -0.39 is 0 Å². The number of hydrogen-bond donors (Lipinski definition) is 0. The van der Waals surface area contributed by atoms with Crippen LogP contribution in [0.15, 0.2) is 28.1 Å². The number of rotatable bonds is 3. The Bertz CT molecular complexity index is 757. The molecule has 6 nitrogen and oxygen atoms in total. The fourth-order valence-electron chi connectivity index (χ4n) is 3.81. The highest BCUT2D eigenvalue weighted by Gasteiger charge is 2.30. The van der Waals surface area contributed by atoms with Gasteiger partial charge in [0.15, 0.2) is 11.5 Å². The topological polar surface area (TPSA) is 66.7 Å². The highest BCUT2D eigenvalue weighted by molar-refractivity contribution is 7.13. The Morgan fingerprint density at radius 3 is 2.50 bits per heavy atom. The molecule has 2 fully saturated rings. The first kappa shape index (κ1) is 17.3. The Balaban J connectivity index is 1.34.